The van der Waals surface area contributed by atoms with E-state index in [1.54, 1.807) is 0 Å². The molecular formula is C20H25N3O. The third-order valence-corrected chi connectivity index (χ3v) is 3.74. The van der Waals surface area contributed by atoms with Crippen LogP contribution < -0.4 is 4.74 Å². The molecule has 126 valence electrons. The molecule has 3 aromatic rings. The molecule has 0 bridgehead atoms. The first-order chi connectivity index (χ1) is 11.2. The minimum atomic E-state index is -0.270. The van der Waals surface area contributed by atoms with Gasteiger partial charge in [-0.15, -0.1) is 0 Å². The van der Waals surface area contributed by atoms with Crippen molar-refractivity contribution in [1.82, 2.24) is 14.8 Å². The molecule has 0 amide bonds. The minimum absolute atomic E-state index is 0.270. The van der Waals surface area contributed by atoms with Gasteiger partial charge in [0, 0.05) is 23.7 Å². The van der Waals surface area contributed by atoms with Crippen molar-refractivity contribution in [2.45, 2.75) is 53.2 Å². The highest BCUT2D eigenvalue weighted by Crippen LogP contribution is 2.32. The number of benzene rings is 1. The molecule has 0 aliphatic rings. The Labute approximate surface area is 143 Å². The van der Waals surface area contributed by atoms with E-state index in [-0.39, 0.29) is 5.60 Å². The number of fused-ring (bicyclic) bond motifs is 1. The molecule has 2 aromatic heterocycles. The van der Waals surface area contributed by atoms with E-state index in [1.165, 1.54) is 5.56 Å². The van der Waals surface area contributed by atoms with Crippen molar-refractivity contribution in [2.24, 2.45) is 0 Å². The second kappa shape index (κ2) is 5.93. The van der Waals surface area contributed by atoms with Crippen LogP contribution in [0.5, 0.6) is 5.75 Å². The fourth-order valence-corrected chi connectivity index (χ4v) is 2.61. The molecule has 0 N–H and O–H groups in total. The molecule has 0 radical (unpaired) electrons. The SMILES string of the molecule is Cc1ccc2c(OC(C)(C)C)cc(-c3ccn(C(C)C)n3)nc2c1. The van der Waals surface area contributed by atoms with Crippen molar-refractivity contribution in [3.05, 3.63) is 42.1 Å². The van der Waals surface area contributed by atoms with Crippen LogP contribution in [0.2, 0.25) is 0 Å². The van der Waals surface area contributed by atoms with Crippen LogP contribution in [0.15, 0.2) is 36.5 Å². The third-order valence-electron chi connectivity index (χ3n) is 3.74. The zero-order valence-corrected chi connectivity index (χ0v) is 15.3. The van der Waals surface area contributed by atoms with Crippen LogP contribution >= 0.6 is 0 Å². The van der Waals surface area contributed by atoms with Crippen molar-refractivity contribution >= 4 is 10.9 Å². The predicted molar refractivity (Wildman–Crippen MR) is 98.5 cm³/mol. The molecule has 0 unspecified atom stereocenters. The first-order valence-corrected chi connectivity index (χ1v) is 8.39. The quantitative estimate of drug-likeness (QED) is 0.668. The van der Waals surface area contributed by atoms with Crippen LogP contribution in [0.25, 0.3) is 22.3 Å². The van der Waals surface area contributed by atoms with Crippen molar-refractivity contribution < 1.29 is 4.74 Å². The van der Waals surface area contributed by atoms with Crippen molar-refractivity contribution in [3.8, 4) is 17.1 Å². The molecule has 0 saturated carbocycles. The summed E-state index contributed by atoms with van der Waals surface area (Å²) in [6.07, 6.45) is 1.99. The number of nitrogens with zero attached hydrogens (tertiary/aromatic N) is 3. The first kappa shape index (κ1) is 16.5. The van der Waals surface area contributed by atoms with Gasteiger partial charge in [0.05, 0.1) is 11.2 Å². The predicted octanol–water partition coefficient (Wildman–Crippen LogP) is 5.16. The van der Waals surface area contributed by atoms with E-state index in [4.69, 9.17) is 9.72 Å². The van der Waals surface area contributed by atoms with E-state index in [0.717, 1.165) is 28.0 Å². The average molecular weight is 323 g/mol. The zero-order chi connectivity index (χ0) is 17.5. The first-order valence-electron chi connectivity index (χ1n) is 8.39. The summed E-state index contributed by atoms with van der Waals surface area (Å²) in [5.41, 5.74) is 3.55. The van der Waals surface area contributed by atoms with Gasteiger partial charge < -0.3 is 4.74 Å². The van der Waals surface area contributed by atoms with Crippen molar-refractivity contribution in [3.63, 3.8) is 0 Å². The monoisotopic (exact) mass is 323 g/mol. The summed E-state index contributed by atoms with van der Waals surface area (Å²) in [5.74, 6) is 0.849. The van der Waals surface area contributed by atoms with E-state index in [0.29, 0.717) is 6.04 Å². The summed E-state index contributed by atoms with van der Waals surface area (Å²) in [4.78, 5) is 4.81. The number of ether oxygens (including phenoxy) is 1. The summed E-state index contributed by atoms with van der Waals surface area (Å²) in [6.45, 7) is 12.5. The maximum Gasteiger partial charge on any atom is 0.131 e. The lowest BCUT2D eigenvalue weighted by Crippen LogP contribution is -2.23. The molecule has 0 fully saturated rings. The Balaban J connectivity index is 2.17. The van der Waals surface area contributed by atoms with E-state index in [1.807, 2.05) is 23.0 Å². The highest BCUT2D eigenvalue weighted by atomic mass is 16.5. The second-order valence-corrected chi connectivity index (χ2v) is 7.52. The Kier molecular flexibility index (Phi) is 4.08. The zero-order valence-electron chi connectivity index (χ0n) is 15.3. The van der Waals surface area contributed by atoms with Gasteiger partial charge in [-0.1, -0.05) is 6.07 Å². The number of pyridine rings is 1. The van der Waals surface area contributed by atoms with Crippen LogP contribution in [-0.2, 0) is 0 Å². The molecule has 0 saturated heterocycles. The van der Waals surface area contributed by atoms with Gasteiger partial charge in [-0.05, 0) is 65.3 Å². The van der Waals surface area contributed by atoms with Crippen molar-refractivity contribution in [1.29, 1.82) is 0 Å². The Morgan fingerprint density at radius 2 is 1.79 bits per heavy atom. The summed E-state index contributed by atoms with van der Waals surface area (Å²) < 4.78 is 8.14. The second-order valence-electron chi connectivity index (χ2n) is 7.52. The van der Waals surface area contributed by atoms with Crippen LogP contribution in [0.4, 0.5) is 0 Å². The molecule has 0 atom stereocenters. The van der Waals surface area contributed by atoms with E-state index < -0.39 is 0 Å². The highest BCUT2D eigenvalue weighted by molar-refractivity contribution is 5.88. The number of hydrogen-bond acceptors (Lipinski definition) is 3. The van der Waals surface area contributed by atoms with Crippen LogP contribution in [-0.4, -0.2) is 20.4 Å². The standard InChI is InChI=1S/C20H25N3O/c1-13(2)23-10-9-16(22-23)18-12-19(24-20(4,5)6)15-8-7-14(3)11-17(15)21-18/h7-13H,1-6H3. The Hall–Kier alpha value is -2.36. The molecule has 0 spiro atoms. The van der Waals surface area contributed by atoms with Gasteiger partial charge >= 0.3 is 0 Å². The third kappa shape index (κ3) is 3.42. The maximum atomic E-state index is 6.20. The van der Waals surface area contributed by atoms with Crippen LogP contribution in [0.1, 0.15) is 46.2 Å². The van der Waals surface area contributed by atoms with Crippen LogP contribution in [0, 0.1) is 6.92 Å². The molecule has 3 rings (SSSR count). The highest BCUT2D eigenvalue weighted by Gasteiger charge is 2.17. The Morgan fingerprint density at radius 3 is 2.42 bits per heavy atom. The van der Waals surface area contributed by atoms with E-state index in [2.05, 4.69) is 64.8 Å². The molecule has 4 heteroatoms. The summed E-state index contributed by atoms with van der Waals surface area (Å²) in [6, 6.07) is 10.6. The van der Waals surface area contributed by atoms with Gasteiger partial charge in [-0.3, -0.25) is 4.68 Å². The lowest BCUT2D eigenvalue weighted by Gasteiger charge is -2.22. The van der Waals surface area contributed by atoms with Gasteiger partial charge in [0.25, 0.3) is 0 Å². The molecule has 4 nitrogen and oxygen atoms in total. The van der Waals surface area contributed by atoms with Crippen LogP contribution in [0.3, 0.4) is 0 Å². The number of rotatable bonds is 3. The van der Waals surface area contributed by atoms with Gasteiger partial charge in [-0.2, -0.15) is 5.10 Å². The molecule has 24 heavy (non-hydrogen) atoms. The van der Waals surface area contributed by atoms with Gasteiger partial charge in [0.15, 0.2) is 0 Å². The van der Waals surface area contributed by atoms with Gasteiger partial charge in [-0.25, -0.2) is 4.98 Å². The summed E-state index contributed by atoms with van der Waals surface area (Å²) >= 11 is 0. The minimum Gasteiger partial charge on any atom is -0.487 e. The van der Waals surface area contributed by atoms with Gasteiger partial charge in [0.1, 0.15) is 17.0 Å². The number of hydrogen-bond donors (Lipinski definition) is 0. The average Bonchev–Trinajstić information content (AvgIpc) is 2.94. The van der Waals surface area contributed by atoms with E-state index in [9.17, 15) is 0 Å². The molecule has 1 aromatic carbocycles. The fourth-order valence-electron chi connectivity index (χ4n) is 2.61. The topological polar surface area (TPSA) is 39.9 Å². The Bertz CT molecular complexity index is 872. The molecule has 0 aliphatic carbocycles. The molecule has 0 aliphatic heterocycles. The maximum absolute atomic E-state index is 6.20. The smallest absolute Gasteiger partial charge is 0.131 e. The largest absolute Gasteiger partial charge is 0.487 e. The number of aromatic nitrogens is 3. The lowest BCUT2D eigenvalue weighted by molar-refractivity contribution is 0.133. The molecular weight excluding hydrogens is 298 g/mol. The van der Waals surface area contributed by atoms with Crippen molar-refractivity contribution in [2.75, 3.05) is 0 Å². The molecule has 2 heterocycles. The fraction of sp³-hybridized carbons (Fsp3) is 0.400. The summed E-state index contributed by atoms with van der Waals surface area (Å²) in [5, 5.41) is 5.68. The lowest BCUT2D eigenvalue weighted by atomic mass is 10.1. The number of aryl methyl sites for hydroxylation is 1. The summed E-state index contributed by atoms with van der Waals surface area (Å²) in [7, 11) is 0. The van der Waals surface area contributed by atoms with E-state index >= 15 is 0 Å². The normalized spacial score (nSPS) is 12.1. The van der Waals surface area contributed by atoms with Gasteiger partial charge in [0.2, 0.25) is 0 Å². The Morgan fingerprint density at radius 1 is 1.04 bits per heavy atom.